The first-order chi connectivity index (χ1) is 17.1. The van der Waals surface area contributed by atoms with Crippen LogP contribution in [0.15, 0.2) is 72.8 Å². The minimum Gasteiger partial charge on any atom is -0.465 e. The van der Waals surface area contributed by atoms with Gasteiger partial charge in [0, 0.05) is 0 Å². The highest BCUT2D eigenvalue weighted by molar-refractivity contribution is 7.92. The summed E-state index contributed by atoms with van der Waals surface area (Å²) in [6, 6.07) is 19.1. The first-order valence-corrected chi connectivity index (χ1v) is 12.4. The number of anilines is 2. The number of sulfonamides is 1. The van der Waals surface area contributed by atoms with E-state index in [0.717, 1.165) is 10.6 Å². The summed E-state index contributed by atoms with van der Waals surface area (Å²) in [5.74, 6) is -1.10. The Balaban J connectivity index is 1.83. The molecule has 0 aliphatic heterocycles. The lowest BCUT2D eigenvalue weighted by molar-refractivity contribution is -0.114. The fourth-order valence-corrected chi connectivity index (χ4v) is 4.06. The van der Waals surface area contributed by atoms with Gasteiger partial charge >= 0.3 is 11.9 Å². The van der Waals surface area contributed by atoms with Gasteiger partial charge in [-0.25, -0.2) is 18.0 Å². The van der Waals surface area contributed by atoms with Crippen molar-refractivity contribution in [2.24, 2.45) is 0 Å². The second-order valence-corrected chi connectivity index (χ2v) is 9.38. The number of para-hydroxylation sites is 1. The predicted octanol–water partition coefficient (Wildman–Crippen LogP) is 3.46. The van der Waals surface area contributed by atoms with Gasteiger partial charge in [-0.1, -0.05) is 18.2 Å². The maximum atomic E-state index is 12.9. The Kier molecular flexibility index (Phi) is 8.28. The summed E-state index contributed by atoms with van der Waals surface area (Å²) in [4.78, 5) is 36.9. The quantitative estimate of drug-likeness (QED) is 0.432. The van der Waals surface area contributed by atoms with Gasteiger partial charge in [0.25, 0.3) is 0 Å². The maximum absolute atomic E-state index is 12.9. The molecule has 0 spiro atoms. The molecule has 0 unspecified atom stereocenters. The molecule has 188 valence electrons. The number of carbonyl (C=O) groups excluding carboxylic acids is 3. The molecule has 3 aromatic carbocycles. The van der Waals surface area contributed by atoms with E-state index in [9.17, 15) is 22.8 Å². The highest BCUT2D eigenvalue weighted by atomic mass is 32.2. The van der Waals surface area contributed by atoms with Gasteiger partial charge in [-0.15, -0.1) is 0 Å². The van der Waals surface area contributed by atoms with Crippen molar-refractivity contribution in [2.45, 2.75) is 0 Å². The van der Waals surface area contributed by atoms with Crippen LogP contribution < -0.4 is 14.4 Å². The maximum Gasteiger partial charge on any atom is 0.339 e. The van der Waals surface area contributed by atoms with Crippen molar-refractivity contribution in [1.82, 2.24) is 0 Å². The minimum atomic E-state index is -3.87. The van der Waals surface area contributed by atoms with Crippen LogP contribution in [0, 0.1) is 0 Å². The van der Waals surface area contributed by atoms with Crippen LogP contribution in [0.25, 0.3) is 0 Å². The third kappa shape index (κ3) is 6.60. The van der Waals surface area contributed by atoms with Crippen molar-refractivity contribution < 1.29 is 37.0 Å². The largest absolute Gasteiger partial charge is 0.465 e. The molecule has 1 amide bonds. The zero-order valence-electron chi connectivity index (χ0n) is 19.8. The molecule has 36 heavy (non-hydrogen) atoms. The van der Waals surface area contributed by atoms with E-state index in [4.69, 9.17) is 9.47 Å². The number of amides is 1. The average molecular weight is 513 g/mol. The van der Waals surface area contributed by atoms with Crippen LogP contribution >= 0.6 is 0 Å². The van der Waals surface area contributed by atoms with Gasteiger partial charge in [0.2, 0.25) is 15.9 Å². The SMILES string of the molecule is COC(=O)c1ccc(C(=O)OC)c(NC(=O)CN(c2ccc(Oc3ccccc3)cc2)S(C)(=O)=O)c1. The lowest BCUT2D eigenvalue weighted by Crippen LogP contribution is -2.37. The molecule has 0 saturated heterocycles. The predicted molar refractivity (Wildman–Crippen MR) is 133 cm³/mol. The second kappa shape index (κ2) is 11.4. The van der Waals surface area contributed by atoms with Crippen LogP contribution in [-0.4, -0.2) is 53.3 Å². The minimum absolute atomic E-state index is 0.0215. The van der Waals surface area contributed by atoms with Crippen molar-refractivity contribution in [1.29, 1.82) is 0 Å². The van der Waals surface area contributed by atoms with E-state index in [1.54, 1.807) is 24.3 Å². The van der Waals surface area contributed by atoms with Gasteiger partial charge in [0.05, 0.1) is 43.0 Å². The molecule has 0 fully saturated rings. The summed E-state index contributed by atoms with van der Waals surface area (Å²) in [6.07, 6.45) is 0.965. The van der Waals surface area contributed by atoms with Crippen molar-refractivity contribution in [3.63, 3.8) is 0 Å². The number of benzene rings is 3. The molecular weight excluding hydrogens is 488 g/mol. The molecule has 0 aliphatic rings. The molecule has 3 aromatic rings. The molecular formula is C25H24N2O8S. The summed E-state index contributed by atoms with van der Waals surface area (Å²) in [6.45, 7) is -0.596. The van der Waals surface area contributed by atoms with Gasteiger partial charge < -0.3 is 19.5 Å². The Hall–Kier alpha value is -4.38. The molecule has 10 nitrogen and oxygen atoms in total. The molecule has 0 aliphatic carbocycles. The van der Waals surface area contributed by atoms with Crippen molar-refractivity contribution in [3.05, 3.63) is 83.9 Å². The van der Waals surface area contributed by atoms with E-state index < -0.39 is 34.4 Å². The Morgan fingerprint density at radius 1 is 0.833 bits per heavy atom. The lowest BCUT2D eigenvalue weighted by Gasteiger charge is -2.22. The van der Waals surface area contributed by atoms with Crippen LogP contribution in [0.3, 0.4) is 0 Å². The van der Waals surface area contributed by atoms with E-state index in [-0.39, 0.29) is 22.5 Å². The van der Waals surface area contributed by atoms with Crippen LogP contribution in [0.2, 0.25) is 0 Å². The van der Waals surface area contributed by atoms with Crippen molar-refractivity contribution >= 4 is 39.2 Å². The van der Waals surface area contributed by atoms with Gasteiger partial charge in [0.1, 0.15) is 18.0 Å². The topological polar surface area (TPSA) is 128 Å². The summed E-state index contributed by atoms with van der Waals surface area (Å²) >= 11 is 0. The average Bonchev–Trinajstić information content (AvgIpc) is 2.87. The normalized spacial score (nSPS) is 10.8. The summed E-state index contributed by atoms with van der Waals surface area (Å²) < 4.78 is 41.0. The highest BCUT2D eigenvalue weighted by Crippen LogP contribution is 2.26. The fourth-order valence-electron chi connectivity index (χ4n) is 3.21. The first kappa shape index (κ1) is 26.2. The van der Waals surface area contributed by atoms with Crippen molar-refractivity contribution in [2.75, 3.05) is 36.6 Å². The zero-order valence-corrected chi connectivity index (χ0v) is 20.6. The molecule has 0 saturated carbocycles. The molecule has 0 bridgehead atoms. The number of hydrogen-bond donors (Lipinski definition) is 1. The second-order valence-electron chi connectivity index (χ2n) is 7.47. The summed E-state index contributed by atoms with van der Waals surface area (Å²) in [7, 11) is -1.51. The molecule has 3 rings (SSSR count). The van der Waals surface area contributed by atoms with Crippen LogP contribution in [-0.2, 0) is 24.3 Å². The number of carbonyl (C=O) groups is 3. The van der Waals surface area contributed by atoms with Crippen LogP contribution in [0.5, 0.6) is 11.5 Å². The smallest absolute Gasteiger partial charge is 0.339 e. The monoisotopic (exact) mass is 512 g/mol. The van der Waals surface area contributed by atoms with E-state index in [1.165, 1.54) is 44.6 Å². The molecule has 11 heteroatoms. The molecule has 0 aromatic heterocycles. The lowest BCUT2D eigenvalue weighted by atomic mass is 10.1. The van der Waals surface area contributed by atoms with Gasteiger partial charge in [-0.05, 0) is 54.6 Å². The van der Waals surface area contributed by atoms with Gasteiger partial charge in [0.15, 0.2) is 0 Å². The molecule has 0 radical (unpaired) electrons. The highest BCUT2D eigenvalue weighted by Gasteiger charge is 2.23. The van der Waals surface area contributed by atoms with Crippen LogP contribution in [0.1, 0.15) is 20.7 Å². The fraction of sp³-hybridized carbons (Fsp3) is 0.160. The van der Waals surface area contributed by atoms with Crippen molar-refractivity contribution in [3.8, 4) is 11.5 Å². The number of ether oxygens (including phenoxy) is 3. The van der Waals surface area contributed by atoms with Gasteiger partial charge in [-0.2, -0.15) is 0 Å². The Morgan fingerprint density at radius 2 is 1.44 bits per heavy atom. The standard InChI is InChI=1S/C25H24N2O8S/c1-33-24(29)17-9-14-21(25(30)34-2)22(15-17)26-23(28)16-27(36(3,31)32)18-10-12-20(13-11-18)35-19-7-5-4-6-8-19/h4-15H,16H2,1-3H3,(H,26,28). The third-order valence-corrected chi connectivity index (χ3v) is 6.05. The van der Waals surface area contributed by atoms with E-state index in [2.05, 4.69) is 10.1 Å². The number of nitrogens with one attached hydrogen (secondary N) is 1. The Labute approximate surface area is 208 Å². The zero-order chi connectivity index (χ0) is 26.3. The Bertz CT molecular complexity index is 1360. The third-order valence-electron chi connectivity index (χ3n) is 4.91. The van der Waals surface area contributed by atoms with E-state index in [0.29, 0.717) is 11.5 Å². The number of methoxy groups -OCH3 is 2. The number of nitrogens with zero attached hydrogens (tertiary/aromatic N) is 1. The number of hydrogen-bond acceptors (Lipinski definition) is 8. The number of esters is 2. The molecule has 0 atom stereocenters. The summed E-state index contributed by atoms with van der Waals surface area (Å²) in [5.41, 5.74) is 0.251. The van der Waals surface area contributed by atoms with Crippen LogP contribution in [0.4, 0.5) is 11.4 Å². The van der Waals surface area contributed by atoms with E-state index in [1.807, 2.05) is 18.2 Å². The summed E-state index contributed by atoms with van der Waals surface area (Å²) in [5, 5.41) is 2.48. The first-order valence-electron chi connectivity index (χ1n) is 10.5. The molecule has 0 heterocycles. The van der Waals surface area contributed by atoms with E-state index >= 15 is 0 Å². The molecule has 1 N–H and O–H groups in total. The number of rotatable bonds is 9. The Morgan fingerprint density at radius 3 is 2.03 bits per heavy atom. The van der Waals surface area contributed by atoms with Gasteiger partial charge in [-0.3, -0.25) is 9.10 Å².